The van der Waals surface area contributed by atoms with Crippen LogP contribution in [0.4, 0.5) is 13.2 Å². The number of hydroxylamine groups is 1. The number of nitrogens with one attached hydrogen (secondary N) is 1. The van der Waals surface area contributed by atoms with E-state index in [0.29, 0.717) is 11.8 Å². The van der Waals surface area contributed by atoms with Crippen molar-refractivity contribution in [3.63, 3.8) is 0 Å². The number of aliphatic hydroxyl groups is 1. The predicted octanol–water partition coefficient (Wildman–Crippen LogP) is 2.38. The second-order valence-electron chi connectivity index (χ2n) is 4.10. The minimum Gasteiger partial charge on any atom is -0.497 e. The fraction of sp³-hybridized carbons (Fsp3) is 0.231. The summed E-state index contributed by atoms with van der Waals surface area (Å²) >= 11 is 0. The highest BCUT2D eigenvalue weighted by Gasteiger charge is 2.57. The molecule has 0 saturated heterocycles. The lowest BCUT2D eigenvalue weighted by Crippen LogP contribution is -2.45. The molecule has 2 N–H and O–H groups in total. The van der Waals surface area contributed by atoms with E-state index in [1.165, 1.54) is 13.2 Å². The third-order valence-corrected chi connectivity index (χ3v) is 2.65. The quantitative estimate of drug-likeness (QED) is 0.896. The van der Waals surface area contributed by atoms with Gasteiger partial charge in [-0.15, -0.1) is 0 Å². The van der Waals surface area contributed by atoms with Crippen molar-refractivity contribution in [3.05, 3.63) is 47.7 Å². The standard InChI is InChI=1S/C13H12F3NO3/c1-19-11-6-3-9(4-7-11)2-5-10-8-12(18,20-17-10)13(14,15)16/h2-8,17-18H,1H3/t12-/m1/s1. The molecule has 0 spiro atoms. The molecule has 20 heavy (non-hydrogen) atoms. The van der Waals surface area contributed by atoms with Crippen molar-refractivity contribution in [2.24, 2.45) is 0 Å². The molecule has 1 aromatic carbocycles. The van der Waals surface area contributed by atoms with Gasteiger partial charge in [-0.1, -0.05) is 18.2 Å². The Labute approximate surface area is 113 Å². The molecule has 0 bridgehead atoms. The molecule has 7 heteroatoms. The Morgan fingerprint density at radius 3 is 2.40 bits per heavy atom. The summed E-state index contributed by atoms with van der Waals surface area (Å²) in [6, 6.07) is 6.92. The molecule has 1 aliphatic rings. The molecule has 1 heterocycles. The average molecular weight is 287 g/mol. The Balaban J connectivity index is 2.10. The smallest absolute Gasteiger partial charge is 0.449 e. The fourth-order valence-corrected chi connectivity index (χ4v) is 1.53. The zero-order valence-electron chi connectivity index (χ0n) is 10.4. The van der Waals surface area contributed by atoms with Crippen molar-refractivity contribution in [2.45, 2.75) is 12.0 Å². The number of alkyl halides is 3. The second-order valence-corrected chi connectivity index (χ2v) is 4.10. The normalized spacial score (nSPS) is 22.8. The van der Waals surface area contributed by atoms with Gasteiger partial charge in [-0.3, -0.25) is 5.48 Å². The van der Waals surface area contributed by atoms with Gasteiger partial charge in [0.05, 0.1) is 12.8 Å². The van der Waals surface area contributed by atoms with Crippen molar-refractivity contribution in [1.29, 1.82) is 0 Å². The molecule has 1 atom stereocenters. The zero-order chi connectivity index (χ0) is 14.8. The molecule has 0 unspecified atom stereocenters. The highest BCUT2D eigenvalue weighted by Crippen LogP contribution is 2.35. The predicted molar refractivity (Wildman–Crippen MR) is 65.3 cm³/mol. The molecule has 0 aliphatic carbocycles. The summed E-state index contributed by atoms with van der Waals surface area (Å²) in [5.74, 6) is -2.62. The number of allylic oxidation sites excluding steroid dienone is 1. The topological polar surface area (TPSA) is 50.7 Å². The Hall–Kier alpha value is -1.99. The number of hydrogen-bond acceptors (Lipinski definition) is 4. The summed E-state index contributed by atoms with van der Waals surface area (Å²) in [6.07, 6.45) is -1.40. The van der Waals surface area contributed by atoms with Gasteiger partial charge in [-0.25, -0.2) is 4.84 Å². The molecule has 1 aromatic rings. The lowest BCUT2D eigenvalue weighted by atomic mass is 10.1. The SMILES string of the molecule is COc1ccc(C=CC2=C[C@](O)(C(F)(F)F)ON2)cc1. The highest BCUT2D eigenvalue weighted by molar-refractivity contribution is 5.54. The Morgan fingerprint density at radius 1 is 1.25 bits per heavy atom. The van der Waals surface area contributed by atoms with E-state index in [2.05, 4.69) is 4.84 Å². The molecule has 0 saturated carbocycles. The molecular formula is C13H12F3NO3. The Kier molecular flexibility index (Phi) is 3.74. The molecule has 0 aromatic heterocycles. The third-order valence-electron chi connectivity index (χ3n) is 2.65. The van der Waals surface area contributed by atoms with Gasteiger partial charge in [0.15, 0.2) is 0 Å². The largest absolute Gasteiger partial charge is 0.497 e. The first-order valence-electron chi connectivity index (χ1n) is 5.62. The Morgan fingerprint density at radius 2 is 1.90 bits per heavy atom. The van der Waals surface area contributed by atoms with Gasteiger partial charge < -0.3 is 9.84 Å². The van der Waals surface area contributed by atoms with Gasteiger partial charge in [0, 0.05) is 6.08 Å². The summed E-state index contributed by atoms with van der Waals surface area (Å²) in [6.45, 7) is 0. The van der Waals surface area contributed by atoms with E-state index in [-0.39, 0.29) is 5.70 Å². The van der Waals surface area contributed by atoms with Crippen LogP contribution in [0.15, 0.2) is 42.1 Å². The fourth-order valence-electron chi connectivity index (χ4n) is 1.53. The third kappa shape index (κ3) is 2.94. The van der Waals surface area contributed by atoms with Gasteiger partial charge in [0.2, 0.25) is 0 Å². The van der Waals surface area contributed by atoms with E-state index in [1.54, 1.807) is 30.3 Å². The highest BCUT2D eigenvalue weighted by atomic mass is 19.4. The van der Waals surface area contributed by atoms with Crippen LogP contribution in [0.25, 0.3) is 6.08 Å². The number of hydrogen-bond donors (Lipinski definition) is 2. The number of halogens is 3. The van der Waals surface area contributed by atoms with Crippen LogP contribution in [0.2, 0.25) is 0 Å². The van der Waals surface area contributed by atoms with Gasteiger partial charge in [-0.05, 0) is 23.8 Å². The second kappa shape index (κ2) is 5.18. The minimum absolute atomic E-state index is 0.0145. The lowest BCUT2D eigenvalue weighted by Gasteiger charge is -2.21. The van der Waals surface area contributed by atoms with E-state index in [9.17, 15) is 18.3 Å². The number of methoxy groups -OCH3 is 1. The van der Waals surface area contributed by atoms with Crippen LogP contribution >= 0.6 is 0 Å². The van der Waals surface area contributed by atoms with Crippen molar-refractivity contribution in [1.82, 2.24) is 5.48 Å². The van der Waals surface area contributed by atoms with Crippen LogP contribution in [0.5, 0.6) is 5.75 Å². The maximum Gasteiger partial charge on any atom is 0.449 e. The maximum atomic E-state index is 12.5. The molecule has 108 valence electrons. The molecule has 0 radical (unpaired) electrons. The summed E-state index contributed by atoms with van der Waals surface area (Å²) < 4.78 is 42.4. The van der Waals surface area contributed by atoms with Gasteiger partial charge in [0.1, 0.15) is 5.75 Å². The van der Waals surface area contributed by atoms with Crippen molar-refractivity contribution in [3.8, 4) is 5.75 Å². The summed E-state index contributed by atoms with van der Waals surface area (Å²) in [5.41, 5.74) is 2.80. The van der Waals surface area contributed by atoms with E-state index in [1.807, 2.05) is 5.48 Å². The van der Waals surface area contributed by atoms with Gasteiger partial charge in [0.25, 0.3) is 0 Å². The molecule has 1 aliphatic heterocycles. The summed E-state index contributed by atoms with van der Waals surface area (Å²) in [4.78, 5) is 4.16. The molecule has 2 rings (SSSR count). The Bertz CT molecular complexity index is 537. The molecule has 4 nitrogen and oxygen atoms in total. The van der Waals surface area contributed by atoms with Crippen LogP contribution in [0.1, 0.15) is 5.56 Å². The van der Waals surface area contributed by atoms with E-state index < -0.39 is 12.0 Å². The van der Waals surface area contributed by atoms with Crippen molar-refractivity contribution >= 4 is 6.08 Å². The van der Waals surface area contributed by atoms with Crippen molar-refractivity contribution in [2.75, 3.05) is 7.11 Å². The first-order valence-corrected chi connectivity index (χ1v) is 5.62. The molecular weight excluding hydrogens is 275 g/mol. The number of ether oxygens (including phenoxy) is 1. The summed E-state index contributed by atoms with van der Waals surface area (Å²) in [5, 5.41) is 9.23. The van der Waals surface area contributed by atoms with E-state index in [4.69, 9.17) is 4.74 Å². The van der Waals surface area contributed by atoms with E-state index >= 15 is 0 Å². The van der Waals surface area contributed by atoms with Crippen LogP contribution in [-0.4, -0.2) is 24.2 Å². The maximum absolute atomic E-state index is 12.5. The monoisotopic (exact) mass is 287 g/mol. The minimum atomic E-state index is -4.91. The van der Waals surface area contributed by atoms with Crippen LogP contribution < -0.4 is 10.2 Å². The van der Waals surface area contributed by atoms with Gasteiger partial charge in [-0.2, -0.15) is 13.2 Å². The van der Waals surface area contributed by atoms with Gasteiger partial charge >= 0.3 is 12.0 Å². The first-order chi connectivity index (χ1) is 9.34. The van der Waals surface area contributed by atoms with E-state index in [0.717, 1.165) is 5.56 Å². The zero-order valence-corrected chi connectivity index (χ0v) is 10.4. The first kappa shape index (κ1) is 14.4. The van der Waals surface area contributed by atoms with Crippen LogP contribution in [0.3, 0.4) is 0 Å². The van der Waals surface area contributed by atoms with Crippen LogP contribution in [0, 0.1) is 0 Å². The molecule has 0 fully saturated rings. The lowest BCUT2D eigenvalue weighted by molar-refractivity contribution is -0.346. The van der Waals surface area contributed by atoms with Crippen LogP contribution in [-0.2, 0) is 4.84 Å². The molecule has 0 amide bonds. The average Bonchev–Trinajstić information content (AvgIpc) is 2.80. The van der Waals surface area contributed by atoms with Crippen molar-refractivity contribution < 1.29 is 27.9 Å². The summed E-state index contributed by atoms with van der Waals surface area (Å²) in [7, 11) is 1.54. The number of benzene rings is 1. The number of rotatable bonds is 3.